The summed E-state index contributed by atoms with van der Waals surface area (Å²) in [7, 11) is 0. The Bertz CT molecular complexity index is 388. The van der Waals surface area contributed by atoms with Crippen molar-refractivity contribution in [1.82, 2.24) is 10.2 Å². The number of amides is 2. The molecule has 0 heterocycles. The van der Waals surface area contributed by atoms with Gasteiger partial charge in [-0.05, 0) is 24.2 Å². The Balaban J connectivity index is 2.67. The van der Waals surface area contributed by atoms with E-state index in [0.29, 0.717) is 12.5 Å². The number of hydrogen-bond donors (Lipinski definition) is 2. The smallest absolute Gasteiger partial charge is 0.326 e. The predicted octanol–water partition coefficient (Wildman–Crippen LogP) is 1.54. The molecule has 106 valence electrons. The third-order valence-corrected chi connectivity index (χ3v) is 3.13. The minimum absolute atomic E-state index is 0.207. The van der Waals surface area contributed by atoms with Crippen molar-refractivity contribution in [2.45, 2.75) is 39.7 Å². The minimum Gasteiger partial charge on any atom is -0.480 e. The Labute approximate surface area is 114 Å². The van der Waals surface area contributed by atoms with Crippen LogP contribution in [0.25, 0.3) is 0 Å². The van der Waals surface area contributed by atoms with Crippen LogP contribution in [0.5, 0.6) is 0 Å². The molecule has 2 amide bonds. The van der Waals surface area contributed by atoms with Crippen LogP contribution in [0.4, 0.5) is 4.79 Å². The summed E-state index contributed by atoms with van der Waals surface area (Å²) in [6.45, 7) is 6.14. The standard InChI is InChI=1S/C14H22N2O3/c1-5-8-16(9-10-6-7-10)13(19)15-11(12(17)18)14(2,3)4/h1,10-11H,6-9H2,2-4H3,(H,15,19)(H,17,18)/t11-/m1/s1. The fraction of sp³-hybridized carbons (Fsp3) is 0.714. The summed E-state index contributed by atoms with van der Waals surface area (Å²) < 4.78 is 0. The van der Waals surface area contributed by atoms with Crippen LogP contribution in [0.1, 0.15) is 33.6 Å². The summed E-state index contributed by atoms with van der Waals surface area (Å²) in [5, 5.41) is 11.8. The topological polar surface area (TPSA) is 69.6 Å². The van der Waals surface area contributed by atoms with Crippen LogP contribution in [0.15, 0.2) is 0 Å². The van der Waals surface area contributed by atoms with Crippen LogP contribution >= 0.6 is 0 Å². The lowest BCUT2D eigenvalue weighted by Crippen LogP contribution is -2.53. The summed E-state index contributed by atoms with van der Waals surface area (Å²) in [5.41, 5.74) is -0.553. The molecule has 1 fully saturated rings. The number of terminal acetylenes is 1. The molecule has 5 heteroatoms. The highest BCUT2D eigenvalue weighted by molar-refractivity contribution is 5.83. The summed E-state index contributed by atoms with van der Waals surface area (Å²) in [4.78, 5) is 24.9. The maximum atomic E-state index is 12.1. The summed E-state index contributed by atoms with van der Waals surface area (Å²) in [6, 6.07) is -1.33. The van der Waals surface area contributed by atoms with Crippen molar-refractivity contribution in [2.24, 2.45) is 11.3 Å². The van der Waals surface area contributed by atoms with Crippen LogP contribution in [0.2, 0.25) is 0 Å². The van der Waals surface area contributed by atoms with E-state index in [-0.39, 0.29) is 6.54 Å². The third kappa shape index (κ3) is 4.82. The van der Waals surface area contributed by atoms with Gasteiger partial charge >= 0.3 is 12.0 Å². The summed E-state index contributed by atoms with van der Waals surface area (Å²) in [6.07, 6.45) is 7.47. The van der Waals surface area contributed by atoms with Gasteiger partial charge in [0.15, 0.2) is 0 Å². The van der Waals surface area contributed by atoms with Crippen molar-refractivity contribution in [3.63, 3.8) is 0 Å². The van der Waals surface area contributed by atoms with Crippen molar-refractivity contribution < 1.29 is 14.7 Å². The van der Waals surface area contributed by atoms with Gasteiger partial charge in [0.1, 0.15) is 6.04 Å². The molecule has 0 saturated heterocycles. The molecule has 1 atom stereocenters. The first-order valence-electron chi connectivity index (χ1n) is 6.47. The molecule has 19 heavy (non-hydrogen) atoms. The Hall–Kier alpha value is -1.70. The highest BCUT2D eigenvalue weighted by atomic mass is 16.4. The average molecular weight is 266 g/mol. The molecule has 0 aromatic rings. The molecule has 1 rings (SSSR count). The maximum absolute atomic E-state index is 12.1. The number of nitrogens with zero attached hydrogens (tertiary/aromatic N) is 1. The third-order valence-electron chi connectivity index (χ3n) is 3.13. The van der Waals surface area contributed by atoms with Crippen molar-refractivity contribution in [1.29, 1.82) is 0 Å². The highest BCUT2D eigenvalue weighted by Crippen LogP contribution is 2.29. The first-order chi connectivity index (χ1) is 8.75. The van der Waals surface area contributed by atoms with E-state index >= 15 is 0 Å². The number of carboxylic acid groups (broad SMARTS) is 1. The number of rotatable bonds is 5. The number of hydrogen-bond acceptors (Lipinski definition) is 2. The van der Waals surface area contributed by atoms with Crippen LogP contribution in [-0.4, -0.2) is 41.1 Å². The second-order valence-electron chi connectivity index (χ2n) is 6.11. The lowest BCUT2D eigenvalue weighted by Gasteiger charge is -2.30. The second kappa shape index (κ2) is 5.96. The Morgan fingerprint density at radius 2 is 2.05 bits per heavy atom. The number of urea groups is 1. The molecule has 0 aliphatic heterocycles. The van der Waals surface area contributed by atoms with Gasteiger partial charge < -0.3 is 15.3 Å². The van der Waals surface area contributed by atoms with E-state index in [1.807, 2.05) is 0 Å². The highest BCUT2D eigenvalue weighted by Gasteiger charge is 2.34. The molecule has 0 aromatic heterocycles. The number of carbonyl (C=O) groups excluding carboxylic acids is 1. The fourth-order valence-corrected chi connectivity index (χ4v) is 1.80. The van der Waals surface area contributed by atoms with Gasteiger partial charge in [-0.3, -0.25) is 0 Å². The van der Waals surface area contributed by atoms with Crippen LogP contribution < -0.4 is 5.32 Å². The van der Waals surface area contributed by atoms with E-state index in [9.17, 15) is 14.7 Å². The molecule has 0 bridgehead atoms. The van der Waals surface area contributed by atoms with Gasteiger partial charge in [0.25, 0.3) is 0 Å². The zero-order valence-electron chi connectivity index (χ0n) is 11.8. The van der Waals surface area contributed by atoms with E-state index in [4.69, 9.17) is 6.42 Å². The van der Waals surface area contributed by atoms with Crippen molar-refractivity contribution >= 4 is 12.0 Å². The quantitative estimate of drug-likeness (QED) is 0.742. The molecule has 1 aliphatic carbocycles. The lowest BCUT2D eigenvalue weighted by molar-refractivity contribution is -0.142. The van der Waals surface area contributed by atoms with E-state index in [0.717, 1.165) is 12.8 Å². The SMILES string of the molecule is C#CCN(CC1CC1)C(=O)N[C@H](C(=O)O)C(C)(C)C. The molecule has 0 spiro atoms. The Morgan fingerprint density at radius 3 is 2.42 bits per heavy atom. The maximum Gasteiger partial charge on any atom is 0.326 e. The second-order valence-corrected chi connectivity index (χ2v) is 6.11. The molecule has 5 nitrogen and oxygen atoms in total. The van der Waals surface area contributed by atoms with Crippen LogP contribution in [0.3, 0.4) is 0 Å². The molecular weight excluding hydrogens is 244 g/mol. The molecule has 2 N–H and O–H groups in total. The molecule has 1 aliphatic rings. The molecular formula is C14H22N2O3. The number of nitrogens with one attached hydrogen (secondary N) is 1. The van der Waals surface area contributed by atoms with E-state index < -0.39 is 23.5 Å². The largest absolute Gasteiger partial charge is 0.480 e. The number of aliphatic carboxylic acids is 1. The molecule has 1 saturated carbocycles. The van der Waals surface area contributed by atoms with E-state index in [2.05, 4.69) is 11.2 Å². The molecule has 0 radical (unpaired) electrons. The monoisotopic (exact) mass is 266 g/mol. The van der Waals surface area contributed by atoms with Crippen molar-refractivity contribution in [3.8, 4) is 12.3 Å². The van der Waals surface area contributed by atoms with Gasteiger partial charge in [0.2, 0.25) is 0 Å². The predicted molar refractivity (Wildman–Crippen MR) is 72.5 cm³/mol. The zero-order valence-corrected chi connectivity index (χ0v) is 11.8. The van der Waals surface area contributed by atoms with Crippen LogP contribution in [-0.2, 0) is 4.79 Å². The number of carbonyl (C=O) groups is 2. The normalized spacial score (nSPS) is 16.3. The average Bonchev–Trinajstić information content (AvgIpc) is 3.06. The number of carboxylic acids is 1. The fourth-order valence-electron chi connectivity index (χ4n) is 1.80. The van der Waals surface area contributed by atoms with E-state index in [1.165, 1.54) is 4.90 Å². The van der Waals surface area contributed by atoms with Crippen LogP contribution in [0, 0.1) is 23.7 Å². The first kappa shape index (κ1) is 15.4. The minimum atomic E-state index is -1.03. The lowest BCUT2D eigenvalue weighted by atomic mass is 9.87. The van der Waals surface area contributed by atoms with Gasteiger partial charge in [-0.2, -0.15) is 0 Å². The van der Waals surface area contributed by atoms with Gasteiger partial charge in [-0.15, -0.1) is 6.42 Å². The van der Waals surface area contributed by atoms with Gasteiger partial charge in [0.05, 0.1) is 6.54 Å². The van der Waals surface area contributed by atoms with Crippen molar-refractivity contribution in [2.75, 3.05) is 13.1 Å². The summed E-state index contributed by atoms with van der Waals surface area (Å²) >= 11 is 0. The van der Waals surface area contributed by atoms with Gasteiger partial charge in [-0.1, -0.05) is 26.7 Å². The molecule has 0 unspecified atom stereocenters. The van der Waals surface area contributed by atoms with Crippen molar-refractivity contribution in [3.05, 3.63) is 0 Å². The first-order valence-corrected chi connectivity index (χ1v) is 6.47. The Kier molecular flexibility index (Phi) is 4.82. The van der Waals surface area contributed by atoms with Gasteiger partial charge in [-0.25, -0.2) is 9.59 Å². The van der Waals surface area contributed by atoms with E-state index in [1.54, 1.807) is 20.8 Å². The summed E-state index contributed by atoms with van der Waals surface area (Å²) in [5.74, 6) is 1.92. The molecule has 0 aromatic carbocycles. The zero-order chi connectivity index (χ0) is 14.6. The van der Waals surface area contributed by atoms with Gasteiger partial charge in [0, 0.05) is 6.54 Å². The Morgan fingerprint density at radius 1 is 1.47 bits per heavy atom.